The Hall–Kier alpha value is -3.24. The molecular weight excluding hydrogens is 398 g/mol. The molecule has 0 radical (unpaired) electrons. The molecule has 1 atom stereocenters. The quantitative estimate of drug-likeness (QED) is 0.496. The molecule has 0 aliphatic carbocycles. The van der Waals surface area contributed by atoms with E-state index in [2.05, 4.69) is 10.1 Å². The summed E-state index contributed by atoms with van der Waals surface area (Å²) in [7, 11) is 0. The van der Waals surface area contributed by atoms with E-state index in [0.29, 0.717) is 42.7 Å². The van der Waals surface area contributed by atoms with Crippen molar-refractivity contribution in [1.29, 1.82) is 0 Å². The Balaban J connectivity index is 1.52. The van der Waals surface area contributed by atoms with E-state index in [4.69, 9.17) is 17.3 Å². The third-order valence-electron chi connectivity index (χ3n) is 4.98. The molecule has 10 nitrogen and oxygen atoms in total. The first-order valence-electron chi connectivity index (χ1n) is 8.97. The van der Waals surface area contributed by atoms with E-state index in [9.17, 15) is 14.9 Å². The first-order valence-corrected chi connectivity index (χ1v) is 9.35. The number of anilines is 1. The molecule has 1 unspecified atom stereocenters. The summed E-state index contributed by atoms with van der Waals surface area (Å²) < 4.78 is 1.22. The minimum atomic E-state index is -0.542. The van der Waals surface area contributed by atoms with Crippen molar-refractivity contribution < 1.29 is 9.72 Å². The number of nitro groups is 1. The SMILES string of the molecule is NC(=O)C(c1ccc(Cl)cc1)N1CCN(c2ccc3ncc([N+](=O)[O-])n3n2)CC1. The molecule has 11 heteroatoms. The number of hydrogen-bond donors (Lipinski definition) is 1. The highest BCUT2D eigenvalue weighted by Crippen LogP contribution is 2.25. The second-order valence-electron chi connectivity index (χ2n) is 6.71. The Morgan fingerprint density at radius 1 is 1.14 bits per heavy atom. The van der Waals surface area contributed by atoms with Crippen molar-refractivity contribution in [2.45, 2.75) is 6.04 Å². The molecule has 1 aromatic carbocycles. The highest BCUT2D eigenvalue weighted by Gasteiger charge is 2.30. The Morgan fingerprint density at radius 2 is 1.83 bits per heavy atom. The molecule has 1 fully saturated rings. The number of primary amides is 1. The largest absolute Gasteiger partial charge is 0.368 e. The van der Waals surface area contributed by atoms with Gasteiger partial charge in [-0.3, -0.25) is 9.69 Å². The third-order valence-corrected chi connectivity index (χ3v) is 5.23. The van der Waals surface area contributed by atoms with Gasteiger partial charge in [-0.15, -0.1) is 0 Å². The van der Waals surface area contributed by atoms with Crippen molar-refractivity contribution in [3.63, 3.8) is 0 Å². The summed E-state index contributed by atoms with van der Waals surface area (Å²) in [5.74, 6) is 0.00624. The molecule has 4 rings (SSSR count). The molecule has 0 saturated carbocycles. The number of piperazine rings is 1. The number of nitrogens with two attached hydrogens (primary N) is 1. The molecule has 1 amide bonds. The van der Waals surface area contributed by atoms with Crippen LogP contribution in [0.5, 0.6) is 0 Å². The van der Waals surface area contributed by atoms with Crippen molar-refractivity contribution in [3.05, 3.63) is 63.3 Å². The number of imidazole rings is 1. The summed E-state index contributed by atoms with van der Waals surface area (Å²) >= 11 is 5.94. The number of fused-ring (bicyclic) bond motifs is 1. The van der Waals surface area contributed by atoms with Gasteiger partial charge in [0.1, 0.15) is 12.2 Å². The zero-order valence-electron chi connectivity index (χ0n) is 15.3. The topological polar surface area (TPSA) is 123 Å². The van der Waals surface area contributed by atoms with Crippen LogP contribution in [0.2, 0.25) is 5.02 Å². The highest BCUT2D eigenvalue weighted by atomic mass is 35.5. The Labute approximate surface area is 170 Å². The summed E-state index contributed by atoms with van der Waals surface area (Å²) in [6.45, 7) is 2.36. The second kappa shape index (κ2) is 7.64. The van der Waals surface area contributed by atoms with Gasteiger partial charge in [-0.25, -0.2) is 4.98 Å². The van der Waals surface area contributed by atoms with E-state index in [1.807, 2.05) is 9.80 Å². The van der Waals surface area contributed by atoms with Crippen LogP contribution < -0.4 is 10.6 Å². The van der Waals surface area contributed by atoms with Gasteiger partial charge in [0.2, 0.25) is 11.6 Å². The first kappa shape index (κ1) is 19.1. The molecule has 29 heavy (non-hydrogen) atoms. The average molecular weight is 416 g/mol. The van der Waals surface area contributed by atoms with Crippen LogP contribution in [0, 0.1) is 10.1 Å². The van der Waals surface area contributed by atoms with Crippen LogP contribution in [0.1, 0.15) is 11.6 Å². The smallest absolute Gasteiger partial charge is 0.368 e. The Bertz CT molecular complexity index is 1060. The van der Waals surface area contributed by atoms with Gasteiger partial charge >= 0.3 is 5.82 Å². The van der Waals surface area contributed by atoms with Gasteiger partial charge in [-0.05, 0) is 28.7 Å². The minimum absolute atomic E-state index is 0.183. The van der Waals surface area contributed by atoms with Crippen LogP contribution >= 0.6 is 11.6 Å². The van der Waals surface area contributed by atoms with Gasteiger partial charge in [-0.2, -0.15) is 0 Å². The van der Waals surface area contributed by atoms with Crippen LogP contribution in [0.3, 0.4) is 0 Å². The van der Waals surface area contributed by atoms with E-state index < -0.39 is 16.9 Å². The highest BCUT2D eigenvalue weighted by molar-refractivity contribution is 6.30. The Morgan fingerprint density at radius 3 is 2.45 bits per heavy atom. The average Bonchev–Trinajstić information content (AvgIpc) is 3.13. The number of carbonyl (C=O) groups is 1. The van der Waals surface area contributed by atoms with E-state index >= 15 is 0 Å². The lowest BCUT2D eigenvalue weighted by Crippen LogP contribution is -2.50. The van der Waals surface area contributed by atoms with E-state index in [-0.39, 0.29) is 5.82 Å². The standard InChI is InChI=1S/C18H18ClN7O3/c19-13-3-1-12(2-4-13)17(18(20)27)24-9-7-23(8-10-24)15-6-5-14-21-11-16(26(28)29)25(14)22-15/h1-6,11,17H,7-10H2,(H2,20,27). The van der Waals surface area contributed by atoms with Crippen molar-refractivity contribution in [1.82, 2.24) is 19.5 Å². The molecule has 0 bridgehead atoms. The number of nitrogens with zero attached hydrogens (tertiary/aromatic N) is 6. The molecule has 3 heterocycles. The van der Waals surface area contributed by atoms with Crippen molar-refractivity contribution in [3.8, 4) is 0 Å². The van der Waals surface area contributed by atoms with Crippen LogP contribution in [-0.4, -0.2) is 56.5 Å². The fourth-order valence-corrected chi connectivity index (χ4v) is 3.68. The predicted molar refractivity (Wildman–Crippen MR) is 107 cm³/mol. The molecule has 2 N–H and O–H groups in total. The maximum Gasteiger partial charge on any atom is 0.368 e. The number of benzene rings is 1. The molecule has 2 aromatic heterocycles. The van der Waals surface area contributed by atoms with Gasteiger partial charge in [0.25, 0.3) is 0 Å². The van der Waals surface area contributed by atoms with E-state index in [1.54, 1.807) is 36.4 Å². The number of halogens is 1. The second-order valence-corrected chi connectivity index (χ2v) is 7.15. The van der Waals surface area contributed by atoms with Gasteiger partial charge in [0, 0.05) is 37.3 Å². The van der Waals surface area contributed by atoms with Gasteiger partial charge < -0.3 is 20.7 Å². The molecule has 150 valence electrons. The van der Waals surface area contributed by atoms with Gasteiger partial charge in [0.15, 0.2) is 5.82 Å². The molecule has 3 aromatic rings. The zero-order valence-corrected chi connectivity index (χ0v) is 16.1. The van der Waals surface area contributed by atoms with Crippen molar-refractivity contribution in [2.75, 3.05) is 31.1 Å². The Kier molecular flexibility index (Phi) is 5.03. The normalized spacial score (nSPS) is 16.1. The van der Waals surface area contributed by atoms with Crippen LogP contribution in [0.4, 0.5) is 11.6 Å². The lowest BCUT2D eigenvalue weighted by Gasteiger charge is -2.38. The van der Waals surface area contributed by atoms with Gasteiger partial charge in [0.05, 0.1) is 0 Å². The first-order chi connectivity index (χ1) is 13.9. The van der Waals surface area contributed by atoms with E-state index in [1.165, 1.54) is 10.7 Å². The number of rotatable bonds is 5. The maximum absolute atomic E-state index is 12.1. The van der Waals surface area contributed by atoms with Crippen LogP contribution in [-0.2, 0) is 4.79 Å². The van der Waals surface area contributed by atoms with Crippen LogP contribution in [0.25, 0.3) is 5.65 Å². The summed E-state index contributed by atoms with van der Waals surface area (Å²) in [6.07, 6.45) is 1.19. The summed E-state index contributed by atoms with van der Waals surface area (Å²) in [4.78, 5) is 30.7. The molecule has 1 aliphatic heterocycles. The fourth-order valence-electron chi connectivity index (χ4n) is 3.55. The zero-order chi connectivity index (χ0) is 20.5. The number of carbonyl (C=O) groups excluding carboxylic acids is 1. The summed E-state index contributed by atoms with van der Waals surface area (Å²) in [5, 5.41) is 16.1. The van der Waals surface area contributed by atoms with E-state index in [0.717, 1.165) is 5.56 Å². The number of hydrogen-bond acceptors (Lipinski definition) is 7. The predicted octanol–water partition coefficient (Wildman–Crippen LogP) is 1.64. The fraction of sp³-hybridized carbons (Fsp3) is 0.278. The lowest BCUT2D eigenvalue weighted by atomic mass is 10.0. The molecular formula is C18H18ClN7O3. The maximum atomic E-state index is 12.1. The minimum Gasteiger partial charge on any atom is -0.368 e. The molecule has 1 aliphatic rings. The van der Waals surface area contributed by atoms with Crippen molar-refractivity contribution in [2.24, 2.45) is 5.73 Å². The summed E-state index contributed by atoms with van der Waals surface area (Å²) in [6, 6.07) is 10.0. The van der Waals surface area contributed by atoms with Gasteiger partial charge in [-0.1, -0.05) is 33.3 Å². The number of aromatic nitrogens is 3. The molecule has 0 spiro atoms. The monoisotopic (exact) mass is 415 g/mol. The lowest BCUT2D eigenvalue weighted by molar-refractivity contribution is -0.391. The van der Waals surface area contributed by atoms with Crippen molar-refractivity contribution >= 4 is 34.8 Å². The summed E-state index contributed by atoms with van der Waals surface area (Å²) in [5.41, 5.74) is 6.87. The third kappa shape index (κ3) is 3.71. The number of amides is 1. The molecule has 1 saturated heterocycles. The van der Waals surface area contributed by atoms with Crippen LogP contribution in [0.15, 0.2) is 42.6 Å².